The fraction of sp³-hybridized carbons (Fsp3) is 0.333. The molecule has 0 radical (unpaired) electrons. The summed E-state index contributed by atoms with van der Waals surface area (Å²) >= 11 is 0. The number of carbonyl (C=O) groups is 2. The zero-order valence-corrected chi connectivity index (χ0v) is 21.4. The van der Waals surface area contributed by atoms with Crippen LogP contribution >= 0.6 is 0 Å². The molecule has 6 nitrogen and oxygen atoms in total. The van der Waals surface area contributed by atoms with Gasteiger partial charge in [0.2, 0.25) is 11.8 Å². The third-order valence-corrected chi connectivity index (χ3v) is 5.78. The van der Waals surface area contributed by atoms with Gasteiger partial charge in [-0.1, -0.05) is 72.8 Å². The van der Waals surface area contributed by atoms with E-state index in [2.05, 4.69) is 5.32 Å². The minimum atomic E-state index is -0.768. The van der Waals surface area contributed by atoms with Crippen LogP contribution in [0.1, 0.15) is 43.0 Å². The van der Waals surface area contributed by atoms with Crippen molar-refractivity contribution in [2.75, 3.05) is 20.3 Å². The van der Waals surface area contributed by atoms with Crippen LogP contribution in [0.15, 0.2) is 84.9 Å². The monoisotopic (exact) mass is 488 g/mol. The Hall–Kier alpha value is -3.64. The molecule has 0 saturated heterocycles. The lowest BCUT2D eigenvalue weighted by Gasteiger charge is -2.32. The summed E-state index contributed by atoms with van der Waals surface area (Å²) in [4.78, 5) is 28.9. The smallest absolute Gasteiger partial charge is 0.247 e. The fourth-order valence-electron chi connectivity index (χ4n) is 3.93. The summed E-state index contributed by atoms with van der Waals surface area (Å²) < 4.78 is 10.9. The summed E-state index contributed by atoms with van der Waals surface area (Å²) in [6.45, 7) is 5.30. The van der Waals surface area contributed by atoms with Gasteiger partial charge in [-0.3, -0.25) is 9.59 Å². The molecule has 190 valence electrons. The molecule has 0 aliphatic rings. The van der Waals surface area contributed by atoms with Gasteiger partial charge >= 0.3 is 0 Å². The molecule has 0 aliphatic carbocycles. The number of benzene rings is 3. The number of ether oxygens (including phenoxy) is 2. The number of hydrogen-bond donors (Lipinski definition) is 1. The van der Waals surface area contributed by atoms with E-state index in [1.807, 2.05) is 98.8 Å². The van der Waals surface area contributed by atoms with Crippen molar-refractivity contribution in [2.24, 2.45) is 0 Å². The molecular weight excluding hydrogens is 452 g/mol. The van der Waals surface area contributed by atoms with Crippen molar-refractivity contribution in [3.05, 3.63) is 102 Å². The molecule has 0 saturated carbocycles. The molecule has 6 heteroatoms. The third kappa shape index (κ3) is 8.24. The first-order chi connectivity index (χ1) is 17.5. The summed E-state index contributed by atoms with van der Waals surface area (Å²) in [6.07, 6.45) is 1.05. The maximum atomic E-state index is 13.7. The molecule has 3 rings (SSSR count). The quantitative estimate of drug-likeness (QED) is 0.346. The standard InChI is InChI=1S/C30H36N2O4/c1-23(2)36-20-10-19-31-30(34)29(26-13-8-5-9-14-26)32(22-25-15-17-27(35-3)18-16-25)28(33)21-24-11-6-4-7-12-24/h4-9,11-18,23,29H,10,19-22H2,1-3H3,(H,31,34)/t29-/m0/s1. The molecule has 3 aromatic rings. The molecule has 0 unspecified atom stereocenters. The highest BCUT2D eigenvalue weighted by Gasteiger charge is 2.31. The average Bonchev–Trinajstić information content (AvgIpc) is 2.89. The molecular formula is C30H36N2O4. The van der Waals surface area contributed by atoms with Gasteiger partial charge in [0, 0.05) is 19.7 Å². The van der Waals surface area contributed by atoms with Gasteiger partial charge in [-0.15, -0.1) is 0 Å². The Labute approximate surface area is 214 Å². The Kier molecular flexibility index (Phi) is 10.5. The largest absolute Gasteiger partial charge is 0.497 e. The molecule has 3 aromatic carbocycles. The molecule has 0 bridgehead atoms. The fourth-order valence-corrected chi connectivity index (χ4v) is 3.93. The Morgan fingerprint density at radius 3 is 2.11 bits per heavy atom. The van der Waals surface area contributed by atoms with Crippen molar-refractivity contribution >= 4 is 11.8 Å². The van der Waals surface area contributed by atoms with Gasteiger partial charge in [0.15, 0.2) is 0 Å². The van der Waals surface area contributed by atoms with Crippen molar-refractivity contribution in [3.8, 4) is 5.75 Å². The first-order valence-electron chi connectivity index (χ1n) is 12.4. The predicted molar refractivity (Wildman–Crippen MR) is 142 cm³/mol. The van der Waals surface area contributed by atoms with Crippen LogP contribution in [0.3, 0.4) is 0 Å². The summed E-state index contributed by atoms with van der Waals surface area (Å²) in [6, 6.07) is 25.9. The van der Waals surface area contributed by atoms with E-state index in [4.69, 9.17) is 9.47 Å². The van der Waals surface area contributed by atoms with Gasteiger partial charge in [-0.2, -0.15) is 0 Å². The normalized spacial score (nSPS) is 11.7. The number of rotatable bonds is 13. The van der Waals surface area contributed by atoms with Crippen molar-refractivity contribution in [3.63, 3.8) is 0 Å². The highest BCUT2D eigenvalue weighted by atomic mass is 16.5. The highest BCUT2D eigenvalue weighted by Crippen LogP contribution is 2.25. The van der Waals surface area contributed by atoms with Crippen LogP contribution in [-0.4, -0.2) is 43.1 Å². The minimum absolute atomic E-state index is 0.121. The Morgan fingerprint density at radius 1 is 0.861 bits per heavy atom. The topological polar surface area (TPSA) is 67.9 Å². The number of nitrogens with one attached hydrogen (secondary N) is 1. The number of amides is 2. The summed E-state index contributed by atoms with van der Waals surface area (Å²) in [5.41, 5.74) is 2.58. The zero-order valence-electron chi connectivity index (χ0n) is 21.4. The van der Waals surface area contributed by atoms with Crippen LogP contribution in [0, 0.1) is 0 Å². The maximum absolute atomic E-state index is 13.7. The van der Waals surface area contributed by atoms with Crippen LogP contribution < -0.4 is 10.1 Å². The zero-order chi connectivity index (χ0) is 25.8. The molecule has 0 aromatic heterocycles. The first kappa shape index (κ1) is 27.0. The van der Waals surface area contributed by atoms with Crippen LogP contribution in [0.25, 0.3) is 0 Å². The van der Waals surface area contributed by atoms with Gasteiger partial charge in [0.1, 0.15) is 11.8 Å². The molecule has 0 aliphatic heterocycles. The van der Waals surface area contributed by atoms with E-state index < -0.39 is 6.04 Å². The molecule has 36 heavy (non-hydrogen) atoms. The summed E-state index contributed by atoms with van der Waals surface area (Å²) in [5, 5.41) is 3.03. The molecule has 0 heterocycles. The second kappa shape index (κ2) is 14.0. The summed E-state index contributed by atoms with van der Waals surface area (Å²) in [7, 11) is 1.62. The van der Waals surface area contributed by atoms with E-state index in [-0.39, 0.29) is 24.3 Å². The van der Waals surface area contributed by atoms with E-state index in [0.29, 0.717) is 26.1 Å². The second-order valence-electron chi connectivity index (χ2n) is 8.91. The lowest BCUT2D eigenvalue weighted by atomic mass is 10.0. The molecule has 1 N–H and O–H groups in total. The van der Waals surface area contributed by atoms with E-state index >= 15 is 0 Å². The van der Waals surface area contributed by atoms with Crippen LogP contribution in [-0.2, 0) is 27.3 Å². The van der Waals surface area contributed by atoms with E-state index in [9.17, 15) is 9.59 Å². The van der Waals surface area contributed by atoms with Crippen molar-refractivity contribution in [1.82, 2.24) is 10.2 Å². The molecule has 1 atom stereocenters. The van der Waals surface area contributed by atoms with Crippen molar-refractivity contribution < 1.29 is 19.1 Å². The first-order valence-corrected chi connectivity index (χ1v) is 12.4. The van der Waals surface area contributed by atoms with Gasteiger partial charge < -0.3 is 19.7 Å². The number of nitrogens with zero attached hydrogens (tertiary/aromatic N) is 1. The number of hydrogen-bond acceptors (Lipinski definition) is 4. The van der Waals surface area contributed by atoms with Gasteiger partial charge in [-0.25, -0.2) is 0 Å². The van der Waals surface area contributed by atoms with E-state index in [1.165, 1.54) is 0 Å². The SMILES string of the molecule is COc1ccc(CN(C(=O)Cc2ccccc2)[C@H](C(=O)NCCCOC(C)C)c2ccccc2)cc1. The highest BCUT2D eigenvalue weighted by molar-refractivity contribution is 5.89. The van der Waals surface area contributed by atoms with Crippen molar-refractivity contribution in [2.45, 2.75) is 45.4 Å². The Bertz CT molecular complexity index is 1070. The average molecular weight is 489 g/mol. The minimum Gasteiger partial charge on any atom is -0.497 e. The molecule has 2 amide bonds. The van der Waals surface area contributed by atoms with E-state index in [0.717, 1.165) is 22.4 Å². The summed E-state index contributed by atoms with van der Waals surface area (Å²) in [5.74, 6) is 0.409. The van der Waals surface area contributed by atoms with E-state index in [1.54, 1.807) is 12.0 Å². The lowest BCUT2D eigenvalue weighted by molar-refractivity contribution is -0.141. The maximum Gasteiger partial charge on any atom is 0.247 e. The Morgan fingerprint density at radius 2 is 1.50 bits per heavy atom. The lowest BCUT2D eigenvalue weighted by Crippen LogP contribution is -2.44. The molecule has 0 fully saturated rings. The number of carbonyl (C=O) groups excluding carboxylic acids is 2. The Balaban J connectivity index is 1.88. The predicted octanol–water partition coefficient (Wildman–Crippen LogP) is 4.94. The second-order valence-corrected chi connectivity index (χ2v) is 8.91. The third-order valence-electron chi connectivity index (χ3n) is 5.78. The van der Waals surface area contributed by atoms with Gasteiger partial charge in [0.25, 0.3) is 0 Å². The van der Waals surface area contributed by atoms with Crippen LogP contribution in [0.2, 0.25) is 0 Å². The van der Waals surface area contributed by atoms with Gasteiger partial charge in [-0.05, 0) is 49.1 Å². The van der Waals surface area contributed by atoms with Crippen LogP contribution in [0.4, 0.5) is 0 Å². The van der Waals surface area contributed by atoms with Crippen LogP contribution in [0.5, 0.6) is 5.75 Å². The number of methoxy groups -OCH3 is 1. The van der Waals surface area contributed by atoms with Gasteiger partial charge in [0.05, 0.1) is 19.6 Å². The molecule has 0 spiro atoms. The van der Waals surface area contributed by atoms with Crippen molar-refractivity contribution in [1.29, 1.82) is 0 Å².